The number of rotatable bonds is 3. The van der Waals surface area contributed by atoms with Gasteiger partial charge in [-0.15, -0.1) is 11.3 Å². The number of nitrogens with zero attached hydrogens (tertiary/aromatic N) is 2. The van der Waals surface area contributed by atoms with Crippen LogP contribution in [0.4, 0.5) is 4.79 Å². The van der Waals surface area contributed by atoms with Crippen LogP contribution >= 0.6 is 11.3 Å². The normalized spacial score (nSPS) is 16.2. The minimum atomic E-state index is -0.450. The predicted octanol–water partition coefficient (Wildman–Crippen LogP) is 2.03. The van der Waals surface area contributed by atoms with Gasteiger partial charge in [-0.05, 0) is 32.2 Å². The number of hydrogen-bond donors (Lipinski definition) is 2. The second-order valence-electron chi connectivity index (χ2n) is 6.23. The lowest BCUT2D eigenvalue weighted by Gasteiger charge is -2.40. The van der Waals surface area contributed by atoms with Crippen LogP contribution in [0.1, 0.15) is 25.6 Å². The van der Waals surface area contributed by atoms with Gasteiger partial charge in [0.05, 0.1) is 12.6 Å². The van der Waals surface area contributed by atoms with E-state index < -0.39 is 5.60 Å². The summed E-state index contributed by atoms with van der Waals surface area (Å²) in [5, 5.41) is 8.63. The fraction of sp³-hybridized carbons (Fsp3) is 0.600. The molecular formula is C15H24N4O2S. The second kappa shape index (κ2) is 7.00. The highest BCUT2D eigenvalue weighted by Gasteiger charge is 2.34. The molecule has 1 aliphatic rings. The van der Waals surface area contributed by atoms with Gasteiger partial charge in [0.25, 0.3) is 0 Å². The molecule has 1 amide bonds. The summed E-state index contributed by atoms with van der Waals surface area (Å²) >= 11 is 1.71. The fourth-order valence-electron chi connectivity index (χ4n) is 2.02. The van der Waals surface area contributed by atoms with Crippen LogP contribution in [0, 0.1) is 0 Å². The van der Waals surface area contributed by atoms with Crippen LogP contribution in [0.5, 0.6) is 0 Å². The molecule has 6 nitrogen and oxygen atoms in total. The van der Waals surface area contributed by atoms with Crippen molar-refractivity contribution in [1.29, 1.82) is 0 Å². The number of likely N-dealkylation sites (tertiary alicyclic amines) is 1. The van der Waals surface area contributed by atoms with Crippen molar-refractivity contribution in [3.05, 3.63) is 22.4 Å². The molecule has 1 fully saturated rings. The summed E-state index contributed by atoms with van der Waals surface area (Å²) < 4.78 is 5.33. The number of nitrogens with one attached hydrogen (secondary N) is 2. The summed E-state index contributed by atoms with van der Waals surface area (Å²) in [5.41, 5.74) is -0.450. The zero-order valence-electron chi connectivity index (χ0n) is 13.5. The number of amides is 1. The average Bonchev–Trinajstić information content (AvgIpc) is 2.87. The third-order valence-electron chi connectivity index (χ3n) is 3.11. The standard InChI is InChI=1S/C15H24N4O2S/c1-15(2,3)21-14(20)19-9-11(10-19)18-13(16-4)17-8-12-6-5-7-22-12/h5-7,11H,8-10H2,1-4H3,(H2,16,17,18). The van der Waals surface area contributed by atoms with Crippen molar-refractivity contribution in [2.24, 2.45) is 4.99 Å². The molecule has 0 aromatic carbocycles. The second-order valence-corrected chi connectivity index (χ2v) is 7.26. The lowest BCUT2D eigenvalue weighted by molar-refractivity contribution is 0.00701. The highest BCUT2D eigenvalue weighted by molar-refractivity contribution is 7.09. The van der Waals surface area contributed by atoms with Crippen molar-refractivity contribution in [2.75, 3.05) is 20.1 Å². The van der Waals surface area contributed by atoms with Crippen LogP contribution in [0.2, 0.25) is 0 Å². The molecule has 0 unspecified atom stereocenters. The molecule has 0 aliphatic carbocycles. The van der Waals surface area contributed by atoms with Crippen molar-refractivity contribution < 1.29 is 9.53 Å². The van der Waals surface area contributed by atoms with Crippen LogP contribution in [0.25, 0.3) is 0 Å². The van der Waals surface area contributed by atoms with Crippen LogP contribution in [0.3, 0.4) is 0 Å². The van der Waals surface area contributed by atoms with Gasteiger partial charge in [-0.2, -0.15) is 0 Å². The maximum Gasteiger partial charge on any atom is 0.410 e. The first-order valence-corrected chi connectivity index (χ1v) is 8.23. The molecule has 2 heterocycles. The predicted molar refractivity (Wildman–Crippen MR) is 89.2 cm³/mol. The van der Waals surface area contributed by atoms with E-state index in [1.807, 2.05) is 26.8 Å². The first-order valence-electron chi connectivity index (χ1n) is 7.35. The highest BCUT2D eigenvalue weighted by Crippen LogP contribution is 2.15. The Bertz CT molecular complexity index is 516. The molecule has 122 valence electrons. The number of carbonyl (C=O) groups is 1. The minimum Gasteiger partial charge on any atom is -0.444 e. The van der Waals surface area contributed by atoms with Gasteiger partial charge in [-0.25, -0.2) is 4.79 Å². The molecular weight excluding hydrogens is 300 g/mol. The summed E-state index contributed by atoms with van der Waals surface area (Å²) in [6, 6.07) is 4.32. The lowest BCUT2D eigenvalue weighted by atomic mass is 10.1. The molecule has 0 saturated carbocycles. The summed E-state index contributed by atoms with van der Waals surface area (Å²) in [6.45, 7) is 7.63. The molecule has 0 radical (unpaired) electrons. The lowest BCUT2D eigenvalue weighted by Crippen LogP contribution is -2.63. The Hall–Kier alpha value is -1.76. The number of hydrogen-bond acceptors (Lipinski definition) is 4. The van der Waals surface area contributed by atoms with E-state index in [0.29, 0.717) is 13.1 Å². The van der Waals surface area contributed by atoms with E-state index in [1.165, 1.54) is 4.88 Å². The Morgan fingerprint density at radius 3 is 2.77 bits per heavy atom. The van der Waals surface area contributed by atoms with Gasteiger partial charge in [0.15, 0.2) is 5.96 Å². The third kappa shape index (κ3) is 4.91. The van der Waals surface area contributed by atoms with E-state index >= 15 is 0 Å². The van der Waals surface area contributed by atoms with E-state index in [0.717, 1.165) is 12.5 Å². The Balaban J connectivity index is 1.70. The van der Waals surface area contributed by atoms with E-state index in [-0.39, 0.29) is 12.1 Å². The fourth-order valence-corrected chi connectivity index (χ4v) is 2.66. The number of thiophene rings is 1. The summed E-state index contributed by atoms with van der Waals surface area (Å²) in [6.07, 6.45) is -0.257. The monoisotopic (exact) mass is 324 g/mol. The first kappa shape index (κ1) is 16.6. The minimum absolute atomic E-state index is 0.210. The van der Waals surface area contributed by atoms with Crippen molar-refractivity contribution in [1.82, 2.24) is 15.5 Å². The molecule has 0 bridgehead atoms. The molecule has 0 spiro atoms. The van der Waals surface area contributed by atoms with Gasteiger partial charge in [0, 0.05) is 25.0 Å². The number of carbonyl (C=O) groups excluding carboxylic acids is 1. The molecule has 1 aliphatic heterocycles. The summed E-state index contributed by atoms with van der Waals surface area (Å²) in [4.78, 5) is 19.0. The maximum atomic E-state index is 11.9. The maximum absolute atomic E-state index is 11.9. The van der Waals surface area contributed by atoms with E-state index in [2.05, 4.69) is 27.1 Å². The average molecular weight is 324 g/mol. The van der Waals surface area contributed by atoms with Crippen molar-refractivity contribution >= 4 is 23.4 Å². The molecule has 7 heteroatoms. The molecule has 2 rings (SSSR count). The number of guanidine groups is 1. The van der Waals surface area contributed by atoms with Gasteiger partial charge < -0.3 is 20.3 Å². The summed E-state index contributed by atoms with van der Waals surface area (Å²) in [5.74, 6) is 0.752. The van der Waals surface area contributed by atoms with Gasteiger partial charge in [0.2, 0.25) is 0 Å². The van der Waals surface area contributed by atoms with Crippen LogP contribution in [-0.4, -0.2) is 48.7 Å². The first-order chi connectivity index (χ1) is 10.4. The Labute approximate surface area is 135 Å². The Morgan fingerprint density at radius 1 is 1.50 bits per heavy atom. The highest BCUT2D eigenvalue weighted by atomic mass is 32.1. The zero-order chi connectivity index (χ0) is 16.2. The van der Waals surface area contributed by atoms with Crippen LogP contribution in [-0.2, 0) is 11.3 Å². The quantitative estimate of drug-likeness (QED) is 0.659. The molecule has 1 saturated heterocycles. The summed E-state index contributed by atoms with van der Waals surface area (Å²) in [7, 11) is 1.74. The number of aliphatic imine (C=N–C) groups is 1. The third-order valence-corrected chi connectivity index (χ3v) is 3.98. The zero-order valence-corrected chi connectivity index (χ0v) is 14.4. The Morgan fingerprint density at radius 2 is 2.23 bits per heavy atom. The Kier molecular flexibility index (Phi) is 5.28. The van der Waals surface area contributed by atoms with E-state index in [9.17, 15) is 4.79 Å². The van der Waals surface area contributed by atoms with Crippen molar-refractivity contribution in [3.63, 3.8) is 0 Å². The van der Waals surface area contributed by atoms with Crippen molar-refractivity contribution in [3.8, 4) is 0 Å². The topological polar surface area (TPSA) is 66.0 Å². The van der Waals surface area contributed by atoms with E-state index in [4.69, 9.17) is 4.74 Å². The molecule has 1 aromatic rings. The molecule has 1 aromatic heterocycles. The molecule has 0 atom stereocenters. The van der Waals surface area contributed by atoms with Crippen LogP contribution < -0.4 is 10.6 Å². The van der Waals surface area contributed by atoms with Crippen molar-refractivity contribution in [2.45, 2.75) is 39.0 Å². The molecule has 22 heavy (non-hydrogen) atoms. The van der Waals surface area contributed by atoms with Crippen LogP contribution in [0.15, 0.2) is 22.5 Å². The van der Waals surface area contributed by atoms with Gasteiger partial charge >= 0.3 is 6.09 Å². The smallest absolute Gasteiger partial charge is 0.410 e. The van der Waals surface area contributed by atoms with Gasteiger partial charge in [0.1, 0.15) is 5.60 Å². The van der Waals surface area contributed by atoms with Gasteiger partial charge in [-0.3, -0.25) is 4.99 Å². The van der Waals surface area contributed by atoms with Gasteiger partial charge in [-0.1, -0.05) is 6.07 Å². The van der Waals surface area contributed by atoms with E-state index in [1.54, 1.807) is 23.3 Å². The number of ether oxygens (including phenoxy) is 1. The molecule has 2 N–H and O–H groups in total. The SMILES string of the molecule is CN=C(NCc1cccs1)NC1CN(C(=O)OC(C)(C)C)C1. The largest absolute Gasteiger partial charge is 0.444 e.